The normalized spacial score (nSPS) is 11.9. The van der Waals surface area contributed by atoms with Crippen molar-refractivity contribution in [3.63, 3.8) is 0 Å². The second kappa shape index (κ2) is 20.8. The predicted octanol–water partition coefficient (Wildman–Crippen LogP) is 9.19. The van der Waals surface area contributed by atoms with E-state index in [0.29, 0.717) is 15.6 Å². The Hall–Kier alpha value is -7.18. The highest BCUT2D eigenvalue weighted by molar-refractivity contribution is 6.32. The summed E-state index contributed by atoms with van der Waals surface area (Å²) in [5, 5.41) is 31.1. The number of pyridine rings is 2. The summed E-state index contributed by atoms with van der Waals surface area (Å²) >= 11 is 23.6. The molecule has 1 saturated heterocycles. The molecule has 0 atom stereocenters. The summed E-state index contributed by atoms with van der Waals surface area (Å²) in [6, 6.07) is 22.2. The first-order valence-electron chi connectivity index (χ1n) is 18.6. The van der Waals surface area contributed by atoms with Gasteiger partial charge in [-0.25, -0.2) is 18.7 Å². The first kappa shape index (κ1) is 46.3. The highest BCUT2D eigenvalue weighted by atomic mass is 35.5. The second-order valence-corrected chi connectivity index (χ2v) is 15.2. The maximum Gasteiger partial charge on any atom is 0.258 e. The summed E-state index contributed by atoms with van der Waals surface area (Å²) in [4.78, 5) is 60.6. The Bertz CT molecular complexity index is 2810. The molecule has 0 unspecified atom stereocenters. The highest BCUT2D eigenvalue weighted by Crippen LogP contribution is 2.26. The van der Waals surface area contributed by atoms with E-state index in [1.807, 2.05) is 4.90 Å². The number of likely N-dealkylation sites (tertiary alicyclic amines) is 1. The zero-order valence-corrected chi connectivity index (χ0v) is 35.8. The molecular formula is C43H32Cl4F2N10O5. The summed E-state index contributed by atoms with van der Waals surface area (Å²) in [6.07, 6.45) is 3.74. The van der Waals surface area contributed by atoms with Crippen molar-refractivity contribution >= 4 is 105 Å². The van der Waals surface area contributed by atoms with Crippen LogP contribution in [0.2, 0.25) is 20.1 Å². The van der Waals surface area contributed by atoms with Crippen LogP contribution in [0.4, 0.5) is 31.8 Å². The van der Waals surface area contributed by atoms with Gasteiger partial charge in [0.15, 0.2) is 5.84 Å². The number of benzene rings is 4. The number of nitrogens with one attached hydrogen (secondary N) is 5. The zero-order chi connectivity index (χ0) is 46.1. The van der Waals surface area contributed by atoms with Crippen LogP contribution in [-0.4, -0.2) is 68.5 Å². The fraction of sp³-hybridized carbons (Fsp3) is 0.0698. The fourth-order valence-electron chi connectivity index (χ4n) is 5.76. The van der Waals surface area contributed by atoms with Crippen molar-refractivity contribution in [2.45, 2.75) is 6.42 Å². The Morgan fingerprint density at radius 3 is 1.41 bits per heavy atom. The van der Waals surface area contributed by atoms with E-state index < -0.39 is 35.3 Å². The molecule has 7 rings (SSSR count). The summed E-state index contributed by atoms with van der Waals surface area (Å²) in [5.74, 6) is -3.98. The Morgan fingerprint density at radius 2 is 1.02 bits per heavy atom. The molecule has 0 saturated carbocycles. The fourth-order valence-corrected chi connectivity index (χ4v) is 6.33. The molecule has 0 bridgehead atoms. The van der Waals surface area contributed by atoms with Gasteiger partial charge in [-0.2, -0.15) is 0 Å². The molecule has 4 amide bonds. The van der Waals surface area contributed by atoms with Gasteiger partial charge in [0.2, 0.25) is 0 Å². The molecule has 21 heteroatoms. The van der Waals surface area contributed by atoms with Crippen molar-refractivity contribution < 1.29 is 33.2 Å². The largest absolute Gasteiger partial charge is 0.409 e. The van der Waals surface area contributed by atoms with Crippen molar-refractivity contribution in [1.29, 1.82) is 5.41 Å². The molecule has 0 radical (unpaired) electrons. The van der Waals surface area contributed by atoms with Gasteiger partial charge in [0.05, 0.1) is 43.7 Å². The van der Waals surface area contributed by atoms with Gasteiger partial charge < -0.3 is 37.1 Å². The number of hydrogen-bond donors (Lipinski definition) is 7. The number of aromatic nitrogens is 2. The van der Waals surface area contributed by atoms with Crippen molar-refractivity contribution in [2.75, 3.05) is 34.4 Å². The van der Waals surface area contributed by atoms with Crippen LogP contribution in [0.5, 0.6) is 0 Å². The quantitative estimate of drug-likeness (QED) is 0.0300. The minimum absolute atomic E-state index is 0.0336. The minimum atomic E-state index is -0.896. The topological polar surface area (TPSA) is 228 Å². The van der Waals surface area contributed by atoms with Gasteiger partial charge >= 0.3 is 0 Å². The van der Waals surface area contributed by atoms with Crippen LogP contribution in [0.3, 0.4) is 0 Å². The van der Waals surface area contributed by atoms with Gasteiger partial charge in [-0.15, -0.1) is 0 Å². The smallest absolute Gasteiger partial charge is 0.258 e. The van der Waals surface area contributed by atoms with E-state index in [0.717, 1.165) is 31.6 Å². The lowest BCUT2D eigenvalue weighted by Crippen LogP contribution is -2.42. The Kier molecular flexibility index (Phi) is 15.1. The lowest BCUT2D eigenvalue weighted by molar-refractivity contribution is 0.100. The van der Waals surface area contributed by atoms with E-state index in [-0.39, 0.29) is 72.5 Å². The number of oxime groups is 1. The number of carbonyl (C=O) groups excluding carboxylic acids is 4. The van der Waals surface area contributed by atoms with Gasteiger partial charge in [-0.3, -0.25) is 24.6 Å². The van der Waals surface area contributed by atoms with Crippen LogP contribution in [0.25, 0.3) is 0 Å². The van der Waals surface area contributed by atoms with Gasteiger partial charge in [0.25, 0.3) is 23.6 Å². The molecule has 15 nitrogen and oxygen atoms in total. The van der Waals surface area contributed by atoms with E-state index in [2.05, 4.69) is 36.4 Å². The molecule has 0 aliphatic carbocycles. The molecule has 1 aliphatic heterocycles. The van der Waals surface area contributed by atoms with Crippen LogP contribution in [-0.2, 0) is 0 Å². The second-order valence-electron chi connectivity index (χ2n) is 13.5. The molecule has 64 heavy (non-hydrogen) atoms. The number of rotatable bonds is 10. The summed E-state index contributed by atoms with van der Waals surface area (Å²) < 4.78 is 29.1. The van der Waals surface area contributed by atoms with Crippen molar-refractivity contribution in [3.8, 4) is 0 Å². The van der Waals surface area contributed by atoms with Gasteiger partial charge in [0, 0.05) is 46.7 Å². The number of amides is 4. The first-order valence-corrected chi connectivity index (χ1v) is 20.1. The number of nitrogens with two attached hydrogens (primary N) is 1. The van der Waals surface area contributed by atoms with Crippen molar-refractivity contribution in [1.82, 2.24) is 14.9 Å². The first-order chi connectivity index (χ1) is 30.6. The molecule has 0 spiro atoms. The van der Waals surface area contributed by atoms with E-state index >= 15 is 0 Å². The maximum absolute atomic E-state index is 14.7. The third kappa shape index (κ3) is 11.6. The van der Waals surface area contributed by atoms with Crippen LogP contribution >= 0.6 is 46.4 Å². The Labute approximate surface area is 382 Å². The van der Waals surface area contributed by atoms with E-state index in [1.165, 1.54) is 85.2 Å². The number of halogens is 6. The van der Waals surface area contributed by atoms with Crippen LogP contribution in [0.1, 0.15) is 59.0 Å². The highest BCUT2D eigenvalue weighted by Gasteiger charge is 2.23. The molecule has 8 N–H and O–H groups in total. The number of amidine groups is 2. The van der Waals surface area contributed by atoms with Gasteiger partial charge in [-0.05, 0) is 91.3 Å². The summed E-state index contributed by atoms with van der Waals surface area (Å²) in [7, 11) is 0. The third-order valence-corrected chi connectivity index (χ3v) is 10.1. The van der Waals surface area contributed by atoms with E-state index in [1.54, 1.807) is 12.1 Å². The number of nitrogens with zero attached hydrogens (tertiary/aromatic N) is 4. The Balaban J connectivity index is 0.000000213. The zero-order valence-electron chi connectivity index (χ0n) is 32.7. The number of carbonyl (C=O) groups is 4. The van der Waals surface area contributed by atoms with Crippen LogP contribution in [0, 0.1) is 17.0 Å². The summed E-state index contributed by atoms with van der Waals surface area (Å²) in [5.41, 5.74) is 5.73. The monoisotopic (exact) mass is 946 g/mol. The predicted molar refractivity (Wildman–Crippen MR) is 242 cm³/mol. The standard InChI is InChI=1S/C23H18Cl2FN5O2.C20H14Cl2FN5O3/c24-14-3-6-19(17(11-14)23(33)30-20-7-4-15(25)12-28-20)29-22(32)16-5-2-13(10-18(16)26)21(27)31-8-1-9-31;21-11-2-5-16(14(8-11)20(30)27-17-6-3-12(22)9-25-17)26-19(29)13-4-1-10(7-15(13)23)18(24)28-31/h2-7,10-12,27H,1,8-9H2,(H,29,32)(H,28,30,33);1-9,31H,(H2,24,28)(H,26,29)(H,25,27,30). The molecule has 326 valence electrons. The molecule has 3 heterocycles. The van der Waals surface area contributed by atoms with Crippen LogP contribution in [0.15, 0.2) is 115 Å². The molecule has 1 fully saturated rings. The average molecular weight is 949 g/mol. The van der Waals surface area contributed by atoms with Crippen molar-refractivity contribution in [2.24, 2.45) is 10.9 Å². The molecule has 6 aromatic rings. The van der Waals surface area contributed by atoms with Gasteiger partial charge in [-0.1, -0.05) is 63.7 Å². The lowest BCUT2D eigenvalue weighted by atomic mass is 10.1. The average Bonchev–Trinajstić information content (AvgIpc) is 3.25. The minimum Gasteiger partial charge on any atom is -0.409 e. The van der Waals surface area contributed by atoms with E-state index in [4.69, 9.17) is 62.8 Å². The molecule has 2 aromatic heterocycles. The molecular weight excluding hydrogens is 916 g/mol. The summed E-state index contributed by atoms with van der Waals surface area (Å²) in [6.45, 7) is 1.52. The van der Waals surface area contributed by atoms with Crippen molar-refractivity contribution in [3.05, 3.63) is 175 Å². The SMILES string of the molecule is N=C(c1ccc(C(=O)Nc2ccc(Cl)cc2C(=O)Nc2ccc(Cl)cn2)c(F)c1)N1CCC1.NC(=NO)c1ccc(C(=O)Nc2ccc(Cl)cc2C(=O)Nc2ccc(Cl)cn2)c(F)c1. The third-order valence-electron chi connectivity index (χ3n) is 9.16. The Morgan fingerprint density at radius 1 is 0.594 bits per heavy atom. The van der Waals surface area contributed by atoms with E-state index in [9.17, 15) is 28.0 Å². The molecule has 1 aliphatic rings. The number of hydrogen-bond acceptors (Lipinski definition) is 9. The van der Waals surface area contributed by atoms with Crippen LogP contribution < -0.4 is 27.0 Å². The number of anilines is 4. The van der Waals surface area contributed by atoms with Gasteiger partial charge in [0.1, 0.15) is 29.1 Å². The molecule has 4 aromatic carbocycles. The lowest BCUT2D eigenvalue weighted by Gasteiger charge is -2.33. The maximum atomic E-state index is 14.7.